The van der Waals surface area contributed by atoms with E-state index in [1.165, 1.54) is 0 Å². The van der Waals surface area contributed by atoms with E-state index in [0.29, 0.717) is 29.5 Å². The van der Waals surface area contributed by atoms with E-state index in [1.54, 1.807) is 0 Å². The third-order valence-electron chi connectivity index (χ3n) is 2.93. The minimum Gasteiger partial charge on any atom is -0.378 e. The first-order valence-electron chi connectivity index (χ1n) is 5.55. The Morgan fingerprint density at radius 2 is 1.83 bits per heavy atom. The minimum absolute atomic E-state index is 0.110. The fourth-order valence-corrected chi connectivity index (χ4v) is 2.57. The van der Waals surface area contributed by atoms with Crippen LogP contribution in [0.15, 0.2) is 0 Å². The Morgan fingerprint density at radius 3 is 2.56 bits per heavy atom. The average Bonchev–Trinajstić information content (AvgIpc) is 2.67. The maximum Gasteiger partial charge on any atom is 0.225 e. The number of hydrogen-bond donors (Lipinski definition) is 0. The molecule has 3 heterocycles. The molecule has 8 heteroatoms. The maximum absolute atomic E-state index is 6.08. The molecular formula is C10H11Cl2N5O. The summed E-state index contributed by atoms with van der Waals surface area (Å²) in [4.78, 5) is 14.6. The lowest BCUT2D eigenvalue weighted by Crippen LogP contribution is -2.37. The van der Waals surface area contributed by atoms with Gasteiger partial charge >= 0.3 is 0 Å². The second-order valence-corrected chi connectivity index (χ2v) is 4.72. The molecule has 6 nitrogen and oxygen atoms in total. The molecule has 1 fully saturated rings. The lowest BCUT2D eigenvalue weighted by atomic mass is 10.4. The summed E-state index contributed by atoms with van der Waals surface area (Å²) >= 11 is 11.9. The highest BCUT2D eigenvalue weighted by atomic mass is 35.5. The Kier molecular flexibility index (Phi) is 3.01. The molecule has 2 aromatic heterocycles. The van der Waals surface area contributed by atoms with Crippen molar-refractivity contribution < 1.29 is 4.74 Å². The number of hydrogen-bond acceptors (Lipinski definition) is 5. The molecule has 0 saturated carbocycles. The van der Waals surface area contributed by atoms with Crippen molar-refractivity contribution in [2.75, 3.05) is 31.2 Å². The zero-order valence-electron chi connectivity index (χ0n) is 9.73. The van der Waals surface area contributed by atoms with Crippen molar-refractivity contribution in [3.8, 4) is 0 Å². The largest absolute Gasteiger partial charge is 0.378 e. The monoisotopic (exact) mass is 287 g/mol. The van der Waals surface area contributed by atoms with E-state index in [9.17, 15) is 0 Å². The van der Waals surface area contributed by atoms with Gasteiger partial charge in [0.25, 0.3) is 0 Å². The predicted molar refractivity (Wildman–Crippen MR) is 69.4 cm³/mol. The molecule has 0 radical (unpaired) electrons. The van der Waals surface area contributed by atoms with E-state index in [-0.39, 0.29) is 5.28 Å². The van der Waals surface area contributed by atoms with Gasteiger partial charge in [-0.15, -0.1) is 0 Å². The highest BCUT2D eigenvalue weighted by molar-refractivity contribution is 6.35. The van der Waals surface area contributed by atoms with Gasteiger partial charge in [0.15, 0.2) is 10.8 Å². The summed E-state index contributed by atoms with van der Waals surface area (Å²) in [6.45, 7) is 3.00. The van der Waals surface area contributed by atoms with Crippen molar-refractivity contribution >= 4 is 40.3 Å². The Balaban J connectivity index is 2.13. The summed E-state index contributed by atoms with van der Waals surface area (Å²) in [5.41, 5.74) is 1.21. The number of aryl methyl sites for hydroxylation is 1. The van der Waals surface area contributed by atoms with Crippen molar-refractivity contribution in [2.45, 2.75) is 0 Å². The first-order chi connectivity index (χ1) is 8.66. The molecule has 96 valence electrons. The number of ether oxygens (including phenoxy) is 1. The van der Waals surface area contributed by atoms with E-state index < -0.39 is 0 Å². The average molecular weight is 288 g/mol. The van der Waals surface area contributed by atoms with Gasteiger partial charge in [-0.1, -0.05) is 11.6 Å². The minimum atomic E-state index is 0.110. The predicted octanol–water partition coefficient (Wildman–Crippen LogP) is 1.51. The number of halogens is 2. The molecule has 0 bridgehead atoms. The summed E-state index contributed by atoms with van der Waals surface area (Å²) in [7, 11) is 1.89. The van der Waals surface area contributed by atoms with E-state index in [4.69, 9.17) is 27.9 Å². The van der Waals surface area contributed by atoms with Crippen LogP contribution >= 0.6 is 23.2 Å². The molecule has 1 aliphatic heterocycles. The SMILES string of the molecule is Cn1c(N2CCOCC2)nc2nc(Cl)nc(Cl)c21. The van der Waals surface area contributed by atoms with Gasteiger partial charge in [0.05, 0.1) is 13.2 Å². The quantitative estimate of drug-likeness (QED) is 0.588. The van der Waals surface area contributed by atoms with Gasteiger partial charge in [-0.05, 0) is 11.6 Å². The molecule has 0 spiro atoms. The number of anilines is 1. The van der Waals surface area contributed by atoms with Crippen LogP contribution < -0.4 is 4.90 Å². The molecule has 0 N–H and O–H groups in total. The van der Waals surface area contributed by atoms with Gasteiger partial charge in [-0.25, -0.2) is 4.98 Å². The van der Waals surface area contributed by atoms with Crippen LogP contribution in [0, 0.1) is 0 Å². The van der Waals surface area contributed by atoms with Crippen molar-refractivity contribution in [3.63, 3.8) is 0 Å². The van der Waals surface area contributed by atoms with Crippen molar-refractivity contribution in [1.82, 2.24) is 19.5 Å². The molecule has 1 aliphatic rings. The number of fused-ring (bicyclic) bond motifs is 1. The topological polar surface area (TPSA) is 56.1 Å². The zero-order valence-corrected chi connectivity index (χ0v) is 11.2. The Labute approximate surface area is 113 Å². The molecule has 2 aromatic rings. The second kappa shape index (κ2) is 4.53. The third-order valence-corrected chi connectivity index (χ3v) is 3.36. The van der Waals surface area contributed by atoms with Crippen LogP contribution in [0.3, 0.4) is 0 Å². The molecule has 1 saturated heterocycles. The third kappa shape index (κ3) is 1.90. The Bertz CT molecular complexity index is 593. The summed E-state index contributed by atoms with van der Waals surface area (Å²) in [6.07, 6.45) is 0. The molecule has 0 atom stereocenters. The van der Waals surface area contributed by atoms with Crippen molar-refractivity contribution in [1.29, 1.82) is 0 Å². The first kappa shape index (κ1) is 12.0. The maximum atomic E-state index is 6.08. The number of imidazole rings is 1. The first-order valence-corrected chi connectivity index (χ1v) is 6.30. The Hall–Kier alpha value is -1.11. The standard InChI is InChI=1S/C10H11Cl2N5O/c1-16-6-7(11)13-9(12)14-8(6)15-10(16)17-2-4-18-5-3-17/h2-5H2,1H3. The number of morpholine rings is 1. The number of rotatable bonds is 1. The summed E-state index contributed by atoms with van der Waals surface area (Å²) in [6, 6.07) is 0. The summed E-state index contributed by atoms with van der Waals surface area (Å²) in [5.74, 6) is 0.812. The van der Waals surface area contributed by atoms with E-state index >= 15 is 0 Å². The lowest BCUT2D eigenvalue weighted by Gasteiger charge is -2.27. The molecule has 18 heavy (non-hydrogen) atoms. The molecule has 0 aromatic carbocycles. The van der Waals surface area contributed by atoms with Crippen LogP contribution in [0.4, 0.5) is 5.95 Å². The molecule has 3 rings (SSSR count). The lowest BCUT2D eigenvalue weighted by molar-refractivity contribution is 0.122. The molecule has 0 unspecified atom stereocenters. The molecular weight excluding hydrogens is 277 g/mol. The smallest absolute Gasteiger partial charge is 0.225 e. The van der Waals surface area contributed by atoms with Gasteiger partial charge in [0, 0.05) is 20.1 Å². The zero-order chi connectivity index (χ0) is 12.7. The van der Waals surface area contributed by atoms with E-state index in [0.717, 1.165) is 19.0 Å². The Morgan fingerprint density at radius 1 is 1.11 bits per heavy atom. The normalized spacial score (nSPS) is 16.5. The highest BCUT2D eigenvalue weighted by Gasteiger charge is 2.20. The molecule has 0 aliphatic carbocycles. The van der Waals surface area contributed by atoms with Crippen LogP contribution in [-0.2, 0) is 11.8 Å². The fraction of sp³-hybridized carbons (Fsp3) is 0.500. The van der Waals surface area contributed by atoms with Crippen LogP contribution in [0.25, 0.3) is 11.2 Å². The van der Waals surface area contributed by atoms with Gasteiger partial charge in [-0.2, -0.15) is 9.97 Å². The summed E-state index contributed by atoms with van der Waals surface area (Å²) in [5, 5.41) is 0.429. The van der Waals surface area contributed by atoms with Crippen molar-refractivity contribution in [2.24, 2.45) is 7.05 Å². The van der Waals surface area contributed by atoms with Gasteiger partial charge in [0.2, 0.25) is 11.2 Å². The van der Waals surface area contributed by atoms with Gasteiger partial charge < -0.3 is 14.2 Å². The van der Waals surface area contributed by atoms with Crippen LogP contribution in [0.5, 0.6) is 0 Å². The second-order valence-electron chi connectivity index (χ2n) is 4.03. The highest BCUT2D eigenvalue weighted by Crippen LogP contribution is 2.26. The summed E-state index contributed by atoms with van der Waals surface area (Å²) < 4.78 is 7.21. The number of nitrogens with zero attached hydrogens (tertiary/aromatic N) is 5. The van der Waals surface area contributed by atoms with Gasteiger partial charge in [-0.3, -0.25) is 0 Å². The van der Waals surface area contributed by atoms with Crippen LogP contribution in [0.2, 0.25) is 10.4 Å². The number of aromatic nitrogens is 4. The molecule has 0 amide bonds. The van der Waals surface area contributed by atoms with E-state index in [1.807, 2.05) is 11.6 Å². The van der Waals surface area contributed by atoms with Crippen LogP contribution in [-0.4, -0.2) is 45.8 Å². The van der Waals surface area contributed by atoms with Crippen molar-refractivity contribution in [3.05, 3.63) is 10.4 Å². The fourth-order valence-electron chi connectivity index (χ4n) is 2.07. The van der Waals surface area contributed by atoms with E-state index in [2.05, 4.69) is 19.9 Å². The van der Waals surface area contributed by atoms with Crippen LogP contribution in [0.1, 0.15) is 0 Å². The van der Waals surface area contributed by atoms with Gasteiger partial charge in [0.1, 0.15) is 5.52 Å².